The number of hydrogen-bond acceptors (Lipinski definition) is 2. The summed E-state index contributed by atoms with van der Waals surface area (Å²) in [5.41, 5.74) is 2.16. The van der Waals surface area contributed by atoms with Gasteiger partial charge in [-0.25, -0.2) is 0 Å². The zero-order valence-corrected chi connectivity index (χ0v) is 10.6. The van der Waals surface area contributed by atoms with Gasteiger partial charge in [-0.1, -0.05) is 36.4 Å². The van der Waals surface area contributed by atoms with Crippen LogP contribution in [0, 0.1) is 0 Å². The molecule has 1 aromatic heterocycles. The van der Waals surface area contributed by atoms with Crippen LogP contribution in [0.1, 0.15) is 10.4 Å². The Labute approximate surface area is 102 Å². The van der Waals surface area contributed by atoms with Crippen LogP contribution in [0.15, 0.2) is 53.3 Å². The van der Waals surface area contributed by atoms with Gasteiger partial charge in [-0.3, -0.25) is 4.21 Å². The van der Waals surface area contributed by atoms with Crippen molar-refractivity contribution in [2.45, 2.75) is 0 Å². The molecule has 0 radical (unpaired) electrons. The average molecular weight is 248 g/mol. The fourth-order valence-electron chi connectivity index (χ4n) is 1.48. The Kier molecular flexibility index (Phi) is 3.70. The van der Waals surface area contributed by atoms with Crippen molar-refractivity contribution >= 4 is 27.7 Å². The molecule has 0 N–H and O–H groups in total. The van der Waals surface area contributed by atoms with E-state index in [1.807, 2.05) is 41.8 Å². The molecule has 1 heterocycles. The zero-order chi connectivity index (χ0) is 11.4. The minimum atomic E-state index is -0.936. The Morgan fingerprint density at radius 3 is 2.50 bits per heavy atom. The largest absolute Gasteiger partial charge is 0.255 e. The predicted octanol–water partition coefficient (Wildman–Crippen LogP) is 3.52. The Hall–Kier alpha value is -1.19. The summed E-state index contributed by atoms with van der Waals surface area (Å²) in [6, 6.07) is 14.1. The quantitative estimate of drug-likeness (QED) is 0.812. The second-order valence-electron chi connectivity index (χ2n) is 3.37. The summed E-state index contributed by atoms with van der Waals surface area (Å²) in [5, 5.41) is 3.84. The highest BCUT2D eigenvalue weighted by atomic mass is 32.2. The van der Waals surface area contributed by atoms with Crippen molar-refractivity contribution in [1.82, 2.24) is 0 Å². The molecule has 16 heavy (non-hydrogen) atoms. The molecule has 1 aromatic carbocycles. The molecular weight excluding hydrogens is 236 g/mol. The summed E-state index contributed by atoms with van der Waals surface area (Å²) in [4.78, 5) is 1.15. The van der Waals surface area contributed by atoms with Crippen LogP contribution in [0.4, 0.5) is 0 Å². The molecule has 1 nitrogen and oxygen atoms in total. The fraction of sp³-hybridized carbons (Fsp3) is 0.0769. The Bertz CT molecular complexity index is 498. The van der Waals surface area contributed by atoms with Gasteiger partial charge < -0.3 is 0 Å². The van der Waals surface area contributed by atoms with E-state index in [-0.39, 0.29) is 0 Å². The minimum Gasteiger partial charge on any atom is -0.255 e. The molecule has 0 amide bonds. The summed E-state index contributed by atoms with van der Waals surface area (Å²) in [6.45, 7) is 0. The van der Waals surface area contributed by atoms with Gasteiger partial charge in [-0.2, -0.15) is 0 Å². The number of hydrogen-bond donors (Lipinski definition) is 0. The Morgan fingerprint density at radius 1 is 1.19 bits per heavy atom. The zero-order valence-electron chi connectivity index (χ0n) is 8.92. The molecular formula is C13H12OS2. The van der Waals surface area contributed by atoms with Gasteiger partial charge in [0.25, 0.3) is 0 Å². The van der Waals surface area contributed by atoms with E-state index in [1.165, 1.54) is 0 Å². The molecule has 0 bridgehead atoms. The van der Waals surface area contributed by atoms with E-state index in [4.69, 9.17) is 0 Å². The van der Waals surface area contributed by atoms with Gasteiger partial charge in [0.05, 0.1) is 0 Å². The average Bonchev–Trinajstić information content (AvgIpc) is 2.80. The van der Waals surface area contributed by atoms with Crippen molar-refractivity contribution in [3.05, 3.63) is 63.7 Å². The monoisotopic (exact) mass is 248 g/mol. The maximum absolute atomic E-state index is 11.4. The van der Waals surface area contributed by atoms with Crippen LogP contribution >= 0.6 is 11.3 Å². The topological polar surface area (TPSA) is 17.1 Å². The van der Waals surface area contributed by atoms with Crippen LogP contribution in [-0.4, -0.2) is 10.5 Å². The van der Waals surface area contributed by atoms with Crippen LogP contribution in [0.3, 0.4) is 0 Å². The Morgan fingerprint density at radius 2 is 1.94 bits per heavy atom. The van der Waals surface area contributed by atoms with Crippen LogP contribution < -0.4 is 0 Å². The van der Waals surface area contributed by atoms with Crippen molar-refractivity contribution in [3.63, 3.8) is 0 Å². The van der Waals surface area contributed by atoms with Crippen molar-refractivity contribution in [1.29, 1.82) is 0 Å². The van der Waals surface area contributed by atoms with Crippen LogP contribution in [-0.2, 0) is 10.8 Å². The smallest absolute Gasteiger partial charge is 0.0431 e. The van der Waals surface area contributed by atoms with Crippen molar-refractivity contribution in [3.8, 4) is 0 Å². The van der Waals surface area contributed by atoms with Crippen molar-refractivity contribution < 1.29 is 4.21 Å². The maximum atomic E-state index is 11.4. The molecule has 0 saturated carbocycles. The second kappa shape index (κ2) is 5.23. The molecule has 0 unspecified atom stereocenters. The van der Waals surface area contributed by atoms with Gasteiger partial charge in [0.1, 0.15) is 0 Å². The van der Waals surface area contributed by atoms with Crippen LogP contribution in [0.2, 0.25) is 0 Å². The van der Waals surface area contributed by atoms with E-state index in [0.29, 0.717) is 0 Å². The normalized spacial score (nSPS) is 13.7. The minimum absolute atomic E-state index is 0.936. The highest BCUT2D eigenvalue weighted by molar-refractivity contribution is 7.87. The second-order valence-corrected chi connectivity index (χ2v) is 5.55. The van der Waals surface area contributed by atoms with Crippen molar-refractivity contribution in [2.75, 3.05) is 6.26 Å². The first-order chi connectivity index (χ1) is 7.77. The molecule has 0 aliphatic heterocycles. The Balaban J connectivity index is 2.49. The fourth-order valence-corrected chi connectivity index (χ4v) is 2.92. The number of benzene rings is 1. The first-order valence-corrected chi connectivity index (χ1v) is 7.41. The van der Waals surface area contributed by atoms with Gasteiger partial charge in [0, 0.05) is 32.9 Å². The van der Waals surface area contributed by atoms with Gasteiger partial charge in [0.2, 0.25) is 0 Å². The summed E-state index contributed by atoms with van der Waals surface area (Å²) in [6.07, 6.45) is 1.69. The van der Waals surface area contributed by atoms with E-state index in [0.717, 1.165) is 16.0 Å². The van der Waals surface area contributed by atoms with E-state index in [1.54, 1.807) is 23.0 Å². The SMILES string of the molecule is C[S@@](=O)/C=C(\c1ccccc1)c1cccs1. The molecule has 2 aromatic rings. The van der Waals surface area contributed by atoms with E-state index < -0.39 is 10.8 Å². The number of thiophene rings is 1. The molecule has 1 atom stereocenters. The van der Waals surface area contributed by atoms with E-state index in [9.17, 15) is 4.21 Å². The summed E-state index contributed by atoms with van der Waals surface area (Å²) >= 11 is 1.67. The summed E-state index contributed by atoms with van der Waals surface area (Å²) in [5.74, 6) is 0. The first-order valence-electron chi connectivity index (χ1n) is 4.91. The standard InChI is InChI=1S/C13H12OS2/c1-16(14)10-12(13-8-5-9-15-13)11-6-3-2-4-7-11/h2-10H,1H3/b12-10+/t16-/m1/s1. The lowest BCUT2D eigenvalue weighted by Crippen LogP contribution is -1.87. The van der Waals surface area contributed by atoms with Gasteiger partial charge in [-0.05, 0) is 17.0 Å². The third-order valence-corrected chi connectivity index (χ3v) is 3.63. The van der Waals surface area contributed by atoms with Gasteiger partial charge in [-0.15, -0.1) is 11.3 Å². The molecule has 0 saturated heterocycles. The summed E-state index contributed by atoms with van der Waals surface area (Å²) in [7, 11) is -0.936. The lowest BCUT2D eigenvalue weighted by molar-refractivity contribution is 0.692. The molecule has 0 fully saturated rings. The molecule has 2 rings (SSSR count). The molecule has 82 valence electrons. The third-order valence-electron chi connectivity index (χ3n) is 2.16. The molecule has 0 aliphatic rings. The lowest BCUT2D eigenvalue weighted by atomic mass is 10.1. The highest BCUT2D eigenvalue weighted by Crippen LogP contribution is 2.27. The summed E-state index contributed by atoms with van der Waals surface area (Å²) < 4.78 is 11.4. The first kappa shape index (κ1) is 11.3. The lowest BCUT2D eigenvalue weighted by Gasteiger charge is -2.04. The molecule has 0 aliphatic carbocycles. The van der Waals surface area contributed by atoms with Gasteiger partial charge in [0.15, 0.2) is 0 Å². The highest BCUT2D eigenvalue weighted by Gasteiger charge is 2.06. The third kappa shape index (κ3) is 2.68. The van der Waals surface area contributed by atoms with Crippen molar-refractivity contribution in [2.24, 2.45) is 0 Å². The van der Waals surface area contributed by atoms with Crippen LogP contribution in [0.25, 0.3) is 5.57 Å². The van der Waals surface area contributed by atoms with E-state index >= 15 is 0 Å². The number of rotatable bonds is 3. The van der Waals surface area contributed by atoms with Gasteiger partial charge >= 0.3 is 0 Å². The molecule has 0 spiro atoms. The van der Waals surface area contributed by atoms with Crippen LogP contribution in [0.5, 0.6) is 0 Å². The predicted molar refractivity (Wildman–Crippen MR) is 71.9 cm³/mol. The molecule has 3 heteroatoms. The maximum Gasteiger partial charge on any atom is 0.0431 e. The van der Waals surface area contributed by atoms with E-state index in [2.05, 4.69) is 6.07 Å².